The first-order valence-corrected chi connectivity index (χ1v) is 4.92. The van der Waals surface area contributed by atoms with Gasteiger partial charge in [-0.1, -0.05) is 0 Å². The molecule has 3 nitrogen and oxygen atoms in total. The fraction of sp³-hybridized carbons (Fsp3) is 0.222. The van der Waals surface area contributed by atoms with E-state index >= 15 is 0 Å². The number of carbonyl (C=O) groups is 1. The second-order valence-corrected chi connectivity index (χ2v) is 3.70. The maximum Gasteiger partial charge on any atom is 0.352 e. The summed E-state index contributed by atoms with van der Waals surface area (Å²) in [6.45, 7) is 2.64. The number of nitrogens with zero attached hydrogens (tertiary/aromatic N) is 1. The van der Waals surface area contributed by atoms with Gasteiger partial charge in [-0.05, 0) is 24.4 Å². The zero-order valence-electron chi connectivity index (χ0n) is 7.15. The summed E-state index contributed by atoms with van der Waals surface area (Å²) >= 11 is 1.57. The first-order valence-electron chi connectivity index (χ1n) is 4.04. The van der Waals surface area contributed by atoms with Gasteiger partial charge in [-0.15, -0.1) is 11.3 Å². The summed E-state index contributed by atoms with van der Waals surface area (Å²) in [4.78, 5) is 10.8. The minimum Gasteiger partial charge on any atom is -0.477 e. The molecule has 2 rings (SSSR count). The minimum absolute atomic E-state index is 0.379. The molecule has 0 aliphatic carbocycles. The molecule has 0 amide bonds. The highest BCUT2D eigenvalue weighted by Gasteiger charge is 2.13. The maximum atomic E-state index is 10.8. The monoisotopic (exact) mass is 195 g/mol. The zero-order valence-corrected chi connectivity index (χ0v) is 7.97. The van der Waals surface area contributed by atoms with Crippen molar-refractivity contribution in [2.45, 2.75) is 13.5 Å². The first-order chi connectivity index (χ1) is 6.24. The molecular formula is C9H9NO2S. The standard InChI is InChI=1S/C9H9NO2S/c1-2-10-6-3-4-13-8(6)5-7(10)9(11)12/h3-5H,2H2,1H3,(H,11,12). The lowest BCUT2D eigenvalue weighted by Crippen LogP contribution is -2.06. The normalized spacial score (nSPS) is 10.8. The van der Waals surface area contributed by atoms with Crippen LogP contribution in [-0.2, 0) is 6.54 Å². The topological polar surface area (TPSA) is 42.2 Å². The summed E-state index contributed by atoms with van der Waals surface area (Å²) in [5.41, 5.74) is 1.40. The molecule has 2 aromatic rings. The van der Waals surface area contributed by atoms with E-state index in [-0.39, 0.29) is 0 Å². The summed E-state index contributed by atoms with van der Waals surface area (Å²) in [6, 6.07) is 3.68. The summed E-state index contributed by atoms with van der Waals surface area (Å²) in [5.74, 6) is -0.856. The number of hydrogen-bond donors (Lipinski definition) is 1. The fourth-order valence-electron chi connectivity index (χ4n) is 1.49. The first kappa shape index (κ1) is 8.31. The Kier molecular flexibility index (Phi) is 1.84. The van der Waals surface area contributed by atoms with E-state index in [0.29, 0.717) is 12.2 Å². The maximum absolute atomic E-state index is 10.8. The van der Waals surface area contributed by atoms with Crippen LogP contribution in [0, 0.1) is 0 Å². The fourth-order valence-corrected chi connectivity index (χ4v) is 2.32. The summed E-state index contributed by atoms with van der Waals surface area (Å²) < 4.78 is 2.85. The molecule has 0 aromatic carbocycles. The van der Waals surface area contributed by atoms with E-state index in [1.807, 2.05) is 22.9 Å². The summed E-state index contributed by atoms with van der Waals surface area (Å²) in [7, 11) is 0. The SMILES string of the molecule is CCn1c(C(=O)O)cc2sccc21. The van der Waals surface area contributed by atoms with E-state index in [1.54, 1.807) is 17.4 Å². The van der Waals surface area contributed by atoms with E-state index in [2.05, 4.69) is 0 Å². The Morgan fingerprint density at radius 2 is 2.46 bits per heavy atom. The van der Waals surface area contributed by atoms with Crippen LogP contribution in [0.3, 0.4) is 0 Å². The zero-order chi connectivity index (χ0) is 9.42. The second kappa shape index (κ2) is 2.88. The van der Waals surface area contributed by atoms with Crippen molar-refractivity contribution in [2.24, 2.45) is 0 Å². The molecule has 0 aliphatic heterocycles. The predicted octanol–water partition coefficient (Wildman–Crippen LogP) is 2.42. The number of rotatable bonds is 2. The van der Waals surface area contributed by atoms with Gasteiger partial charge >= 0.3 is 5.97 Å². The third kappa shape index (κ3) is 1.14. The molecule has 2 heterocycles. The lowest BCUT2D eigenvalue weighted by Gasteiger charge is -2.01. The van der Waals surface area contributed by atoms with Crippen molar-refractivity contribution in [1.82, 2.24) is 4.57 Å². The number of aromatic nitrogens is 1. The molecule has 0 saturated carbocycles. The molecule has 2 aromatic heterocycles. The van der Waals surface area contributed by atoms with Gasteiger partial charge in [-0.25, -0.2) is 4.79 Å². The summed E-state index contributed by atoms with van der Waals surface area (Å²) in [5, 5.41) is 10.9. The van der Waals surface area contributed by atoms with Crippen molar-refractivity contribution in [1.29, 1.82) is 0 Å². The van der Waals surface area contributed by atoms with E-state index in [0.717, 1.165) is 10.2 Å². The molecule has 0 radical (unpaired) electrons. The molecular weight excluding hydrogens is 186 g/mol. The molecule has 13 heavy (non-hydrogen) atoms. The van der Waals surface area contributed by atoms with E-state index < -0.39 is 5.97 Å². The van der Waals surface area contributed by atoms with Crippen LogP contribution in [0.25, 0.3) is 10.2 Å². The molecule has 0 unspecified atom stereocenters. The predicted molar refractivity (Wildman–Crippen MR) is 52.4 cm³/mol. The van der Waals surface area contributed by atoms with Crippen LogP contribution in [0.4, 0.5) is 0 Å². The van der Waals surface area contributed by atoms with Crippen molar-refractivity contribution in [2.75, 3.05) is 0 Å². The Morgan fingerprint density at radius 3 is 3.08 bits per heavy atom. The van der Waals surface area contributed by atoms with Crippen LogP contribution in [0.5, 0.6) is 0 Å². The Labute approximate surface area is 79.2 Å². The van der Waals surface area contributed by atoms with Gasteiger partial charge in [0.1, 0.15) is 5.69 Å². The Balaban J connectivity index is 2.74. The Bertz CT molecular complexity index is 455. The van der Waals surface area contributed by atoms with Gasteiger partial charge in [0.05, 0.1) is 10.2 Å². The van der Waals surface area contributed by atoms with Crippen molar-refractivity contribution in [3.05, 3.63) is 23.2 Å². The van der Waals surface area contributed by atoms with Crippen molar-refractivity contribution >= 4 is 27.5 Å². The Morgan fingerprint density at radius 1 is 1.69 bits per heavy atom. The van der Waals surface area contributed by atoms with Crippen LogP contribution in [0.1, 0.15) is 17.4 Å². The highest BCUT2D eigenvalue weighted by molar-refractivity contribution is 7.17. The number of carboxylic acid groups (broad SMARTS) is 1. The summed E-state index contributed by atoms with van der Waals surface area (Å²) in [6.07, 6.45) is 0. The van der Waals surface area contributed by atoms with Crippen LogP contribution in [0.15, 0.2) is 17.5 Å². The smallest absolute Gasteiger partial charge is 0.352 e. The average Bonchev–Trinajstić information content (AvgIpc) is 2.60. The highest BCUT2D eigenvalue weighted by Crippen LogP contribution is 2.24. The van der Waals surface area contributed by atoms with Gasteiger partial charge < -0.3 is 9.67 Å². The van der Waals surface area contributed by atoms with Crippen LogP contribution >= 0.6 is 11.3 Å². The quantitative estimate of drug-likeness (QED) is 0.799. The molecule has 1 N–H and O–H groups in total. The molecule has 0 aliphatic rings. The molecule has 0 bridgehead atoms. The largest absolute Gasteiger partial charge is 0.477 e. The number of thiophene rings is 1. The van der Waals surface area contributed by atoms with Crippen LogP contribution in [-0.4, -0.2) is 15.6 Å². The number of aryl methyl sites for hydroxylation is 1. The molecule has 0 spiro atoms. The molecule has 0 atom stereocenters. The second-order valence-electron chi connectivity index (χ2n) is 2.75. The van der Waals surface area contributed by atoms with Crippen LogP contribution < -0.4 is 0 Å². The van der Waals surface area contributed by atoms with E-state index in [4.69, 9.17) is 5.11 Å². The van der Waals surface area contributed by atoms with Crippen molar-refractivity contribution in [3.8, 4) is 0 Å². The molecule has 0 fully saturated rings. The van der Waals surface area contributed by atoms with E-state index in [9.17, 15) is 4.79 Å². The van der Waals surface area contributed by atoms with Gasteiger partial charge in [0.25, 0.3) is 0 Å². The lowest BCUT2D eigenvalue weighted by atomic mass is 10.4. The van der Waals surface area contributed by atoms with Crippen molar-refractivity contribution in [3.63, 3.8) is 0 Å². The third-order valence-electron chi connectivity index (χ3n) is 2.06. The molecule has 4 heteroatoms. The van der Waals surface area contributed by atoms with Gasteiger partial charge in [0, 0.05) is 6.54 Å². The van der Waals surface area contributed by atoms with Gasteiger partial charge in [-0.2, -0.15) is 0 Å². The molecule has 0 saturated heterocycles. The number of carboxylic acids is 1. The highest BCUT2D eigenvalue weighted by atomic mass is 32.1. The minimum atomic E-state index is -0.856. The number of fused-ring (bicyclic) bond motifs is 1. The van der Waals surface area contributed by atoms with Gasteiger partial charge in [0.15, 0.2) is 0 Å². The van der Waals surface area contributed by atoms with Gasteiger partial charge in [-0.3, -0.25) is 0 Å². The van der Waals surface area contributed by atoms with Gasteiger partial charge in [0.2, 0.25) is 0 Å². The average molecular weight is 195 g/mol. The van der Waals surface area contributed by atoms with Crippen LogP contribution in [0.2, 0.25) is 0 Å². The third-order valence-corrected chi connectivity index (χ3v) is 2.91. The number of hydrogen-bond acceptors (Lipinski definition) is 2. The lowest BCUT2D eigenvalue weighted by molar-refractivity contribution is 0.0686. The van der Waals surface area contributed by atoms with Crippen molar-refractivity contribution < 1.29 is 9.90 Å². The Hall–Kier alpha value is -1.29. The molecule has 68 valence electrons. The number of aromatic carboxylic acids is 1. The van der Waals surface area contributed by atoms with E-state index in [1.165, 1.54) is 0 Å².